The molecule has 4 N–H and O–H groups in total. The van der Waals surface area contributed by atoms with Crippen LogP contribution in [0.2, 0.25) is 0 Å². The SMILES string of the molecule is O=C(O)c1ccc(NC(=O)N2CCC(CCO)C2)cc1O. The Labute approximate surface area is 121 Å². The van der Waals surface area contributed by atoms with Crippen LogP contribution in [0.15, 0.2) is 18.2 Å². The number of nitrogens with zero attached hydrogens (tertiary/aromatic N) is 1. The molecule has 2 amide bonds. The van der Waals surface area contributed by atoms with Crippen LogP contribution in [0.5, 0.6) is 5.75 Å². The number of aromatic hydroxyl groups is 1. The predicted molar refractivity (Wildman–Crippen MR) is 75.5 cm³/mol. The number of carboxylic acids is 1. The minimum atomic E-state index is -1.23. The predicted octanol–water partition coefficient (Wildman–Crippen LogP) is 1.33. The number of phenols is 1. The molecule has 1 saturated heterocycles. The Balaban J connectivity index is 1.97. The molecule has 0 radical (unpaired) electrons. The van der Waals surface area contributed by atoms with Gasteiger partial charge >= 0.3 is 12.0 Å². The smallest absolute Gasteiger partial charge is 0.339 e. The fraction of sp³-hybridized carbons (Fsp3) is 0.429. The number of aromatic carboxylic acids is 1. The van der Waals surface area contributed by atoms with Gasteiger partial charge in [-0.1, -0.05) is 0 Å². The minimum absolute atomic E-state index is 0.116. The first-order valence-corrected chi connectivity index (χ1v) is 6.74. The first kappa shape index (κ1) is 15.1. The molecule has 1 aromatic carbocycles. The van der Waals surface area contributed by atoms with Gasteiger partial charge in [-0.3, -0.25) is 0 Å². The van der Waals surface area contributed by atoms with Crippen molar-refractivity contribution < 1.29 is 24.9 Å². The number of carbonyl (C=O) groups is 2. The van der Waals surface area contributed by atoms with E-state index < -0.39 is 5.97 Å². The summed E-state index contributed by atoms with van der Waals surface area (Å²) in [7, 11) is 0. The monoisotopic (exact) mass is 294 g/mol. The summed E-state index contributed by atoms with van der Waals surface area (Å²) < 4.78 is 0. The molecule has 1 aliphatic rings. The zero-order chi connectivity index (χ0) is 15.4. The van der Waals surface area contributed by atoms with Crippen molar-refractivity contribution in [1.29, 1.82) is 0 Å². The molecular formula is C14H18N2O5. The van der Waals surface area contributed by atoms with Gasteiger partial charge in [0.25, 0.3) is 0 Å². The molecule has 0 saturated carbocycles. The van der Waals surface area contributed by atoms with Crippen molar-refractivity contribution in [3.8, 4) is 5.75 Å². The van der Waals surface area contributed by atoms with Crippen molar-refractivity contribution in [3.05, 3.63) is 23.8 Å². The van der Waals surface area contributed by atoms with Crippen LogP contribution in [-0.2, 0) is 0 Å². The molecule has 1 atom stereocenters. The molecule has 0 aliphatic carbocycles. The molecular weight excluding hydrogens is 276 g/mol. The lowest BCUT2D eigenvalue weighted by Crippen LogP contribution is -2.33. The van der Waals surface area contributed by atoms with Gasteiger partial charge in [0.1, 0.15) is 11.3 Å². The second-order valence-corrected chi connectivity index (χ2v) is 5.08. The van der Waals surface area contributed by atoms with Gasteiger partial charge in [-0.15, -0.1) is 0 Å². The van der Waals surface area contributed by atoms with Gasteiger partial charge in [0.2, 0.25) is 0 Å². The van der Waals surface area contributed by atoms with Crippen molar-refractivity contribution in [2.75, 3.05) is 25.0 Å². The summed E-state index contributed by atoms with van der Waals surface area (Å²) in [5, 5.41) is 29.9. The Morgan fingerprint density at radius 3 is 2.76 bits per heavy atom. The maximum absolute atomic E-state index is 12.0. The lowest BCUT2D eigenvalue weighted by atomic mass is 10.1. The number of rotatable bonds is 4. The normalized spacial score (nSPS) is 17.8. The second-order valence-electron chi connectivity index (χ2n) is 5.08. The Morgan fingerprint density at radius 1 is 1.38 bits per heavy atom. The standard InChI is InChI=1S/C14H18N2O5/c17-6-4-9-3-5-16(8-9)14(21)15-10-1-2-11(13(19)20)12(18)7-10/h1-2,7,9,17-18H,3-6,8H2,(H,15,21)(H,19,20). The third-order valence-electron chi connectivity index (χ3n) is 3.59. The molecule has 1 heterocycles. The zero-order valence-electron chi connectivity index (χ0n) is 11.5. The summed E-state index contributed by atoms with van der Waals surface area (Å²) in [6.07, 6.45) is 1.54. The van der Waals surface area contributed by atoms with Crippen LogP contribution >= 0.6 is 0 Å². The quantitative estimate of drug-likeness (QED) is 0.669. The van der Waals surface area contributed by atoms with Gasteiger partial charge in [0.15, 0.2) is 0 Å². The van der Waals surface area contributed by atoms with E-state index in [1.54, 1.807) is 4.90 Å². The maximum atomic E-state index is 12.0. The molecule has 0 aromatic heterocycles. The van der Waals surface area contributed by atoms with Crippen LogP contribution in [0.4, 0.5) is 10.5 Å². The van der Waals surface area contributed by atoms with E-state index in [-0.39, 0.29) is 24.0 Å². The van der Waals surface area contributed by atoms with Crippen molar-refractivity contribution in [2.24, 2.45) is 5.92 Å². The number of hydrogen-bond acceptors (Lipinski definition) is 4. The summed E-state index contributed by atoms with van der Waals surface area (Å²) in [6.45, 7) is 1.33. The van der Waals surface area contributed by atoms with Crippen LogP contribution in [0, 0.1) is 5.92 Å². The third-order valence-corrected chi connectivity index (χ3v) is 3.59. The zero-order valence-corrected chi connectivity index (χ0v) is 11.5. The van der Waals surface area contributed by atoms with Crippen LogP contribution < -0.4 is 5.32 Å². The van der Waals surface area contributed by atoms with Crippen molar-refractivity contribution >= 4 is 17.7 Å². The summed E-state index contributed by atoms with van der Waals surface area (Å²) in [6, 6.07) is 3.59. The van der Waals surface area contributed by atoms with Crippen molar-refractivity contribution in [1.82, 2.24) is 4.90 Å². The van der Waals surface area contributed by atoms with Crippen molar-refractivity contribution in [2.45, 2.75) is 12.8 Å². The topological polar surface area (TPSA) is 110 Å². The first-order chi connectivity index (χ1) is 10.0. The third kappa shape index (κ3) is 3.63. The van der Waals surface area contributed by atoms with Crippen LogP contribution in [-0.4, -0.2) is 51.9 Å². The second kappa shape index (κ2) is 6.45. The molecule has 7 nitrogen and oxygen atoms in total. The van der Waals surface area contributed by atoms with Crippen LogP contribution in [0.25, 0.3) is 0 Å². The number of carbonyl (C=O) groups excluding carboxylic acids is 1. The molecule has 114 valence electrons. The summed E-state index contributed by atoms with van der Waals surface area (Å²) in [5.41, 5.74) is 0.130. The van der Waals surface area contributed by atoms with Gasteiger partial charge in [0, 0.05) is 31.5 Å². The van der Waals surface area contributed by atoms with Crippen LogP contribution in [0.1, 0.15) is 23.2 Å². The summed E-state index contributed by atoms with van der Waals surface area (Å²) in [5.74, 6) is -1.31. The summed E-state index contributed by atoms with van der Waals surface area (Å²) in [4.78, 5) is 24.5. The highest BCUT2D eigenvalue weighted by atomic mass is 16.4. The minimum Gasteiger partial charge on any atom is -0.507 e. The number of nitrogens with one attached hydrogen (secondary N) is 1. The highest BCUT2D eigenvalue weighted by Crippen LogP contribution is 2.24. The van der Waals surface area contributed by atoms with E-state index in [4.69, 9.17) is 10.2 Å². The van der Waals surface area contributed by atoms with Crippen molar-refractivity contribution in [3.63, 3.8) is 0 Å². The van der Waals surface area contributed by atoms with Gasteiger partial charge < -0.3 is 25.5 Å². The number of anilines is 1. The largest absolute Gasteiger partial charge is 0.507 e. The maximum Gasteiger partial charge on any atom is 0.339 e. The molecule has 2 rings (SSSR count). The fourth-order valence-electron chi connectivity index (χ4n) is 2.43. The first-order valence-electron chi connectivity index (χ1n) is 6.74. The van der Waals surface area contributed by atoms with E-state index in [1.807, 2.05) is 0 Å². The van der Waals surface area contributed by atoms with E-state index in [2.05, 4.69) is 5.32 Å². The number of urea groups is 1. The van der Waals surface area contributed by atoms with Gasteiger partial charge in [-0.25, -0.2) is 9.59 Å². The van der Waals surface area contributed by atoms with E-state index in [9.17, 15) is 14.7 Å². The summed E-state index contributed by atoms with van der Waals surface area (Å²) >= 11 is 0. The van der Waals surface area contributed by atoms with Crippen LogP contribution in [0.3, 0.4) is 0 Å². The number of hydrogen-bond donors (Lipinski definition) is 4. The molecule has 0 bridgehead atoms. The van der Waals surface area contributed by atoms with Gasteiger partial charge in [-0.2, -0.15) is 0 Å². The Bertz CT molecular complexity index is 546. The number of likely N-dealkylation sites (tertiary alicyclic amines) is 1. The number of amides is 2. The number of carboxylic acid groups (broad SMARTS) is 1. The molecule has 7 heteroatoms. The number of benzene rings is 1. The molecule has 1 unspecified atom stereocenters. The highest BCUT2D eigenvalue weighted by molar-refractivity contribution is 5.94. The Hall–Kier alpha value is -2.28. The molecule has 1 fully saturated rings. The fourth-order valence-corrected chi connectivity index (χ4v) is 2.43. The molecule has 0 spiro atoms. The molecule has 1 aromatic rings. The Kier molecular flexibility index (Phi) is 4.64. The molecule has 21 heavy (non-hydrogen) atoms. The number of aliphatic hydroxyl groups excluding tert-OH is 1. The van der Waals surface area contributed by atoms with Gasteiger partial charge in [0.05, 0.1) is 0 Å². The Morgan fingerprint density at radius 2 is 2.14 bits per heavy atom. The van der Waals surface area contributed by atoms with Gasteiger partial charge in [-0.05, 0) is 30.9 Å². The average molecular weight is 294 g/mol. The highest BCUT2D eigenvalue weighted by Gasteiger charge is 2.25. The lowest BCUT2D eigenvalue weighted by molar-refractivity contribution is 0.0693. The van der Waals surface area contributed by atoms with E-state index in [0.717, 1.165) is 6.42 Å². The molecule has 1 aliphatic heterocycles. The van der Waals surface area contributed by atoms with E-state index >= 15 is 0 Å². The number of aliphatic hydroxyl groups is 1. The lowest BCUT2D eigenvalue weighted by Gasteiger charge is -2.17. The van der Waals surface area contributed by atoms with E-state index in [1.165, 1.54) is 18.2 Å². The average Bonchev–Trinajstić information content (AvgIpc) is 2.87. The van der Waals surface area contributed by atoms with E-state index in [0.29, 0.717) is 31.1 Å².